The molecular formula is H7BLiO3-3. The maximum atomic E-state index is 7.17. The van der Waals surface area contributed by atoms with E-state index in [1.807, 2.05) is 0 Å². The first-order valence-corrected chi connectivity index (χ1v) is 0.775. The van der Waals surface area contributed by atoms with E-state index in [1.165, 1.54) is 0 Å². The third-order valence-electron chi connectivity index (χ3n) is 0. The molecule has 0 saturated heterocycles. The number of hydrogen-bond acceptors (Lipinski definition) is 3. The zero-order valence-corrected chi connectivity index (χ0v) is 2.92. The Labute approximate surface area is 47.9 Å². The van der Waals surface area contributed by atoms with E-state index in [4.69, 9.17) is 15.1 Å². The Kier molecular flexibility index (Phi) is 8.28. The normalized spacial score (nSPS) is 5.40. The summed E-state index contributed by atoms with van der Waals surface area (Å²) in [6.45, 7) is 0. The first-order valence-electron chi connectivity index (χ1n) is 0.775. The van der Waals surface area contributed by atoms with Gasteiger partial charge in [-0.15, -0.1) is 0 Å². The van der Waals surface area contributed by atoms with Gasteiger partial charge in [-0.1, -0.05) is 0 Å². The van der Waals surface area contributed by atoms with Crippen molar-refractivity contribution in [2.45, 2.75) is 0 Å². The van der Waals surface area contributed by atoms with Crippen molar-refractivity contribution in [3.05, 3.63) is 0 Å². The Bertz CT molecular complexity index is 20.5. The van der Waals surface area contributed by atoms with Crippen LogP contribution in [0.15, 0.2) is 0 Å². The third-order valence-corrected chi connectivity index (χ3v) is 0. The Morgan fingerprint density at radius 1 is 1.20 bits per heavy atom. The molecule has 0 saturated carbocycles. The van der Waals surface area contributed by atoms with Crippen LogP contribution in [0, 0.1) is 0 Å². The third kappa shape index (κ3) is 99.8. The van der Waals surface area contributed by atoms with E-state index in [9.17, 15) is 0 Å². The Hall–Kier alpha value is 0.542. The minimum Gasteiger partial charge on any atom is -1.00 e. The van der Waals surface area contributed by atoms with E-state index in [0.29, 0.717) is 0 Å². The van der Waals surface area contributed by atoms with Crippen molar-refractivity contribution in [2.24, 2.45) is 0 Å². The van der Waals surface area contributed by atoms with Crippen LogP contribution in [0.2, 0.25) is 0 Å². The molecule has 0 aromatic carbocycles. The fourth-order valence-electron chi connectivity index (χ4n) is 0. The maximum absolute atomic E-state index is 7.17. The molecule has 0 aliphatic carbocycles. The molecule has 3 N–H and O–H groups in total. The van der Waals surface area contributed by atoms with Gasteiger partial charge in [0.25, 0.3) is 0 Å². The minimum absolute atomic E-state index is 0. The van der Waals surface area contributed by atoms with Crippen LogP contribution in [0.25, 0.3) is 0 Å². The van der Waals surface area contributed by atoms with Crippen LogP contribution in [0.5, 0.6) is 0 Å². The van der Waals surface area contributed by atoms with Crippen LogP contribution in [0.1, 0.15) is 5.71 Å². The van der Waals surface area contributed by atoms with Crippen molar-refractivity contribution in [1.29, 1.82) is 0 Å². The topological polar surface area (TPSA) is 60.7 Å². The van der Waals surface area contributed by atoms with E-state index in [0.717, 1.165) is 0 Å². The largest absolute Gasteiger partial charge is 1.00 e. The zero-order chi connectivity index (χ0) is 3.58. The van der Waals surface area contributed by atoms with Gasteiger partial charge in [0.15, 0.2) is 0 Å². The monoisotopic (exact) mass is 73.1 g/mol. The molecule has 0 bridgehead atoms. The second kappa shape index (κ2) is 4.54. The molecule has 0 aromatic rings. The second-order valence-corrected chi connectivity index (χ2v) is 0.346. The molecule has 0 aromatic heterocycles. The number of hydrogen-bond donors (Lipinski definition) is 3. The van der Waals surface area contributed by atoms with Crippen LogP contribution in [-0.2, 0) is 0 Å². The van der Waals surface area contributed by atoms with Crippen LogP contribution >= 0.6 is 0 Å². The molecule has 5 heteroatoms. The molecule has 0 unspecified atom stereocenters. The first-order chi connectivity index (χ1) is 1.73. The number of rotatable bonds is 0. The Morgan fingerprint density at radius 3 is 1.20 bits per heavy atom. The predicted octanol–water partition coefficient (Wildman–Crippen LogP) is -4.60. The van der Waals surface area contributed by atoms with Crippen molar-refractivity contribution >= 4 is 7.32 Å². The fraction of sp³-hybridized carbons (Fsp3) is 0. The Balaban J connectivity index is -0.00000000450. The van der Waals surface area contributed by atoms with Gasteiger partial charge in [0.1, 0.15) is 0 Å². The standard InChI is InChI=1S/BH3O3.Li.4H/c2-1(3)4;;;;;/h2-4H;;;;;/q;+1;4*-1. The van der Waals surface area contributed by atoms with Crippen LogP contribution in [-0.4, -0.2) is 22.4 Å². The van der Waals surface area contributed by atoms with Gasteiger partial charge in [0.2, 0.25) is 0 Å². The Morgan fingerprint density at radius 2 is 1.20 bits per heavy atom. The van der Waals surface area contributed by atoms with Gasteiger partial charge < -0.3 is 20.8 Å². The molecule has 5 heavy (non-hydrogen) atoms. The summed E-state index contributed by atoms with van der Waals surface area (Å²) < 4.78 is 0. The summed E-state index contributed by atoms with van der Waals surface area (Å²) in [5, 5.41) is 21.5. The fourth-order valence-corrected chi connectivity index (χ4v) is 0. The van der Waals surface area contributed by atoms with Gasteiger partial charge in [-0.3, -0.25) is 0 Å². The van der Waals surface area contributed by atoms with E-state index in [-0.39, 0.29) is 24.6 Å². The molecule has 0 aliphatic rings. The average Bonchev–Trinajstić information content (AvgIpc) is 0.811. The van der Waals surface area contributed by atoms with E-state index in [2.05, 4.69) is 0 Å². The maximum Gasteiger partial charge on any atom is 1.00 e. The minimum atomic E-state index is -2.17. The zero-order valence-electron chi connectivity index (χ0n) is 6.92. The van der Waals surface area contributed by atoms with Crippen molar-refractivity contribution in [3.63, 3.8) is 0 Å². The first kappa shape index (κ1) is 9.11. The SMILES string of the molecule is OB(O)O.[H-].[H-].[H-].[H-].[Li+]. The van der Waals surface area contributed by atoms with Crippen LogP contribution in [0.4, 0.5) is 0 Å². The molecule has 0 heterocycles. The van der Waals surface area contributed by atoms with E-state index >= 15 is 0 Å². The predicted molar refractivity (Wildman–Crippen MR) is 16.9 cm³/mol. The van der Waals surface area contributed by atoms with Gasteiger partial charge in [0.05, 0.1) is 0 Å². The summed E-state index contributed by atoms with van der Waals surface area (Å²) in [4.78, 5) is 0. The van der Waals surface area contributed by atoms with E-state index in [1.54, 1.807) is 0 Å². The summed E-state index contributed by atoms with van der Waals surface area (Å²) in [6, 6.07) is 0. The van der Waals surface area contributed by atoms with Crippen LogP contribution in [0.3, 0.4) is 0 Å². The molecular weight excluding hydrogens is 65.8 g/mol. The molecule has 0 spiro atoms. The van der Waals surface area contributed by atoms with Gasteiger partial charge in [0, 0.05) is 0 Å². The summed E-state index contributed by atoms with van der Waals surface area (Å²) in [7, 11) is -2.17. The summed E-state index contributed by atoms with van der Waals surface area (Å²) in [5.41, 5.74) is 0. The van der Waals surface area contributed by atoms with Gasteiger partial charge in [-0.25, -0.2) is 0 Å². The smallest absolute Gasteiger partial charge is 1.00 e. The molecule has 32 valence electrons. The second-order valence-electron chi connectivity index (χ2n) is 0.346. The van der Waals surface area contributed by atoms with Gasteiger partial charge in [-0.2, -0.15) is 0 Å². The molecule has 3 nitrogen and oxygen atoms in total. The molecule has 0 fully saturated rings. The quantitative estimate of drug-likeness (QED) is 0.253. The molecule has 0 aliphatic heterocycles. The molecule has 0 radical (unpaired) electrons. The summed E-state index contributed by atoms with van der Waals surface area (Å²) in [6.07, 6.45) is 0. The van der Waals surface area contributed by atoms with Crippen molar-refractivity contribution in [3.8, 4) is 0 Å². The average molecular weight is 72.8 g/mol. The van der Waals surface area contributed by atoms with Crippen molar-refractivity contribution in [1.82, 2.24) is 0 Å². The van der Waals surface area contributed by atoms with Gasteiger partial charge in [-0.05, 0) is 0 Å². The van der Waals surface area contributed by atoms with Crippen molar-refractivity contribution < 1.29 is 39.6 Å². The molecule has 0 rings (SSSR count). The summed E-state index contributed by atoms with van der Waals surface area (Å²) in [5.74, 6) is 0. The van der Waals surface area contributed by atoms with E-state index < -0.39 is 7.32 Å². The van der Waals surface area contributed by atoms with Crippen LogP contribution < -0.4 is 18.9 Å². The summed E-state index contributed by atoms with van der Waals surface area (Å²) >= 11 is 0. The van der Waals surface area contributed by atoms with Crippen molar-refractivity contribution in [2.75, 3.05) is 0 Å². The molecule has 0 amide bonds. The molecule has 0 atom stereocenters. The van der Waals surface area contributed by atoms with Gasteiger partial charge >= 0.3 is 26.2 Å².